The van der Waals surface area contributed by atoms with Gasteiger partial charge in [0.15, 0.2) is 0 Å². The van der Waals surface area contributed by atoms with Crippen LogP contribution in [0, 0.1) is 0 Å². The van der Waals surface area contributed by atoms with Gasteiger partial charge < -0.3 is 20.4 Å². The zero-order chi connectivity index (χ0) is 21.7. The molecular weight excluding hydrogens is 352 g/mol. The molecule has 2 saturated heterocycles. The minimum atomic E-state index is 0. The van der Waals surface area contributed by atoms with Gasteiger partial charge in [0.1, 0.15) is 0 Å². The van der Waals surface area contributed by atoms with Crippen molar-refractivity contribution < 1.29 is 12.4 Å². The Morgan fingerprint density at radius 3 is 1.57 bits per heavy atom. The van der Waals surface area contributed by atoms with Crippen molar-refractivity contribution in [3.63, 3.8) is 0 Å². The average molecular weight is 403 g/mol. The molecule has 0 radical (unpaired) electrons. The Labute approximate surface area is 176 Å². The second-order valence-corrected chi connectivity index (χ2v) is 8.78. The lowest BCUT2D eigenvalue weighted by Gasteiger charge is -2.33. The summed E-state index contributed by atoms with van der Waals surface area (Å²) in [5, 5.41) is 6.48. The highest BCUT2D eigenvalue weighted by molar-refractivity contribution is 5.82. The SMILES string of the molecule is C1CCNC1.CC(C)N(C(=O)C1CCCN1)C(C)C.CC(C)N(C=O)C(C)C.[HH].[HH]. The maximum atomic E-state index is 12.1. The first kappa shape index (κ1) is 26.9. The molecule has 2 rings (SSSR count). The molecule has 2 N–H and O–H groups in total. The van der Waals surface area contributed by atoms with Crippen LogP contribution in [0.25, 0.3) is 0 Å². The van der Waals surface area contributed by atoms with Crippen molar-refractivity contribution in [3.05, 3.63) is 0 Å². The van der Waals surface area contributed by atoms with Crippen LogP contribution in [0.5, 0.6) is 0 Å². The van der Waals surface area contributed by atoms with Crippen LogP contribution in [-0.2, 0) is 9.59 Å². The normalized spacial score (nSPS) is 18.6. The largest absolute Gasteiger partial charge is 0.340 e. The molecule has 1 atom stereocenters. The van der Waals surface area contributed by atoms with Gasteiger partial charge >= 0.3 is 0 Å². The van der Waals surface area contributed by atoms with Crippen LogP contribution in [0.4, 0.5) is 0 Å². The van der Waals surface area contributed by atoms with Crippen LogP contribution < -0.4 is 10.6 Å². The van der Waals surface area contributed by atoms with Crippen molar-refractivity contribution in [1.29, 1.82) is 0 Å². The number of nitrogens with zero attached hydrogens (tertiary/aromatic N) is 2. The van der Waals surface area contributed by atoms with Crippen LogP contribution in [0.15, 0.2) is 0 Å². The molecule has 0 saturated carbocycles. The molecule has 0 aliphatic carbocycles. The topological polar surface area (TPSA) is 64.7 Å². The summed E-state index contributed by atoms with van der Waals surface area (Å²) in [6.45, 7) is 19.8. The molecular formula is C22H50N4O2. The Morgan fingerprint density at radius 1 is 0.857 bits per heavy atom. The van der Waals surface area contributed by atoms with Crippen molar-refractivity contribution in [1.82, 2.24) is 20.4 Å². The van der Waals surface area contributed by atoms with Gasteiger partial charge in [0.05, 0.1) is 6.04 Å². The smallest absolute Gasteiger partial charge is 0.240 e. The van der Waals surface area contributed by atoms with E-state index in [0.717, 1.165) is 25.8 Å². The molecule has 1 unspecified atom stereocenters. The third-order valence-electron chi connectivity index (χ3n) is 5.00. The maximum absolute atomic E-state index is 12.1. The van der Waals surface area contributed by atoms with Gasteiger partial charge in [-0.2, -0.15) is 0 Å². The minimum Gasteiger partial charge on any atom is -0.340 e. The molecule has 0 bridgehead atoms. The highest BCUT2D eigenvalue weighted by Crippen LogP contribution is 2.13. The van der Waals surface area contributed by atoms with Crippen LogP contribution in [0.3, 0.4) is 0 Å². The van der Waals surface area contributed by atoms with Gasteiger partial charge in [-0.3, -0.25) is 9.59 Å². The van der Waals surface area contributed by atoms with Gasteiger partial charge in [-0.25, -0.2) is 0 Å². The maximum Gasteiger partial charge on any atom is 0.240 e. The molecule has 2 fully saturated rings. The zero-order valence-corrected chi connectivity index (χ0v) is 19.6. The Morgan fingerprint density at radius 2 is 1.36 bits per heavy atom. The molecule has 0 spiro atoms. The van der Waals surface area contributed by atoms with Crippen molar-refractivity contribution in [2.75, 3.05) is 19.6 Å². The summed E-state index contributed by atoms with van der Waals surface area (Å²) in [5.41, 5.74) is 0. The van der Waals surface area contributed by atoms with Crippen LogP contribution in [0.1, 0.15) is 83.9 Å². The first-order valence-corrected chi connectivity index (χ1v) is 11.1. The molecule has 0 aromatic rings. The van der Waals surface area contributed by atoms with Gasteiger partial charge in [-0.1, -0.05) is 0 Å². The molecule has 170 valence electrons. The number of hydrogen-bond donors (Lipinski definition) is 2. The van der Waals surface area contributed by atoms with E-state index < -0.39 is 0 Å². The summed E-state index contributed by atoms with van der Waals surface area (Å²) >= 11 is 0. The van der Waals surface area contributed by atoms with E-state index in [1.165, 1.54) is 25.9 Å². The van der Waals surface area contributed by atoms with E-state index >= 15 is 0 Å². The Kier molecular flexibility index (Phi) is 14.2. The zero-order valence-electron chi connectivity index (χ0n) is 19.6. The molecule has 0 aromatic carbocycles. The lowest BCUT2D eigenvalue weighted by atomic mass is 10.1. The van der Waals surface area contributed by atoms with E-state index in [0.29, 0.717) is 24.2 Å². The minimum absolute atomic E-state index is 0. The monoisotopic (exact) mass is 402 g/mol. The molecule has 0 aromatic heterocycles. The van der Waals surface area contributed by atoms with Crippen LogP contribution in [0.2, 0.25) is 0 Å². The highest BCUT2D eigenvalue weighted by atomic mass is 16.2. The van der Waals surface area contributed by atoms with Crippen molar-refractivity contribution in [2.45, 2.75) is 111 Å². The summed E-state index contributed by atoms with van der Waals surface area (Å²) < 4.78 is 0. The second kappa shape index (κ2) is 14.8. The average Bonchev–Trinajstić information content (AvgIpc) is 3.31. The fourth-order valence-corrected chi connectivity index (χ4v) is 3.65. The van der Waals surface area contributed by atoms with E-state index in [1.54, 1.807) is 4.90 Å². The summed E-state index contributed by atoms with van der Waals surface area (Å²) in [6, 6.07) is 1.31. The van der Waals surface area contributed by atoms with Crippen molar-refractivity contribution >= 4 is 12.3 Å². The van der Waals surface area contributed by atoms with Crippen LogP contribution in [-0.4, -0.2) is 72.0 Å². The lowest BCUT2D eigenvalue weighted by molar-refractivity contribution is -0.136. The summed E-state index contributed by atoms with van der Waals surface area (Å²) in [5.74, 6) is 0.271. The quantitative estimate of drug-likeness (QED) is 0.667. The number of rotatable bonds is 6. The van der Waals surface area contributed by atoms with Gasteiger partial charge in [0.25, 0.3) is 0 Å². The van der Waals surface area contributed by atoms with Crippen LogP contribution >= 0.6 is 0 Å². The molecule has 28 heavy (non-hydrogen) atoms. The fraction of sp³-hybridized carbons (Fsp3) is 0.909. The van der Waals surface area contributed by atoms with Crippen molar-refractivity contribution in [3.8, 4) is 0 Å². The standard InChI is InChI=1S/C11H22N2O.C7H15NO.C4H9N.2H2/c1-8(2)13(9(3)4)11(14)10-6-5-7-12-10;1-6(2)8(5-9)7(3)4;1-2-4-5-3-1;;/h8-10,12H,5-7H2,1-4H3;5-7H,1-4H3;5H,1-4H2;2*1H. The molecule has 2 amide bonds. The van der Waals surface area contributed by atoms with Gasteiger partial charge in [0.2, 0.25) is 12.3 Å². The Hall–Kier alpha value is -1.14. The Balaban J connectivity index is -0.000000393. The first-order valence-electron chi connectivity index (χ1n) is 11.1. The first-order chi connectivity index (χ1) is 13.1. The highest BCUT2D eigenvalue weighted by Gasteiger charge is 2.29. The summed E-state index contributed by atoms with van der Waals surface area (Å²) in [4.78, 5) is 26.2. The number of carbonyl (C=O) groups excluding carboxylic acids is 2. The van der Waals surface area contributed by atoms with E-state index in [4.69, 9.17) is 0 Å². The third kappa shape index (κ3) is 10.4. The second-order valence-electron chi connectivity index (χ2n) is 8.78. The van der Waals surface area contributed by atoms with E-state index in [-0.39, 0.29) is 14.8 Å². The molecule has 2 heterocycles. The molecule has 6 heteroatoms. The number of nitrogens with one attached hydrogen (secondary N) is 2. The molecule has 2 aliphatic heterocycles. The number of hydrogen-bond acceptors (Lipinski definition) is 4. The Bertz CT molecular complexity index is 402. The van der Waals surface area contributed by atoms with E-state index in [1.807, 2.05) is 32.6 Å². The molecule has 2 aliphatic rings. The molecule has 6 nitrogen and oxygen atoms in total. The predicted octanol–water partition coefficient (Wildman–Crippen LogP) is 3.51. The summed E-state index contributed by atoms with van der Waals surface area (Å²) in [7, 11) is 0. The third-order valence-corrected chi connectivity index (χ3v) is 5.00. The van der Waals surface area contributed by atoms with E-state index in [2.05, 4.69) is 38.3 Å². The van der Waals surface area contributed by atoms with E-state index in [9.17, 15) is 9.59 Å². The number of carbonyl (C=O) groups is 2. The fourth-order valence-electron chi connectivity index (χ4n) is 3.65. The predicted molar refractivity (Wildman–Crippen MR) is 123 cm³/mol. The lowest BCUT2D eigenvalue weighted by Crippen LogP contribution is -2.49. The van der Waals surface area contributed by atoms with Gasteiger partial charge in [0, 0.05) is 27.0 Å². The summed E-state index contributed by atoms with van der Waals surface area (Å²) in [6.07, 6.45) is 5.80. The van der Waals surface area contributed by atoms with Gasteiger partial charge in [-0.05, 0) is 101 Å². The number of amides is 2. The van der Waals surface area contributed by atoms with Crippen molar-refractivity contribution in [2.24, 2.45) is 0 Å². The van der Waals surface area contributed by atoms with Gasteiger partial charge in [-0.15, -0.1) is 0 Å².